The van der Waals surface area contributed by atoms with Crippen LogP contribution in [-0.4, -0.2) is 10.9 Å². The third-order valence-electron chi connectivity index (χ3n) is 3.50. The van der Waals surface area contributed by atoms with E-state index >= 15 is 0 Å². The highest BCUT2D eigenvalue weighted by Gasteiger charge is 2.35. The fraction of sp³-hybridized carbons (Fsp3) is 0.818. The molecule has 0 heterocycles. The van der Waals surface area contributed by atoms with E-state index in [1.54, 1.807) is 0 Å². The summed E-state index contributed by atoms with van der Waals surface area (Å²) in [5, 5.41) is 8.71. The molecule has 0 bridgehead atoms. The van der Waals surface area contributed by atoms with E-state index < -0.39 is 5.60 Å². The SMILES string of the molecule is CC(C)C1(C)C=CC(C)(OO)CC1. The van der Waals surface area contributed by atoms with E-state index in [1.807, 2.05) is 13.0 Å². The Morgan fingerprint density at radius 3 is 2.15 bits per heavy atom. The molecule has 0 aromatic rings. The summed E-state index contributed by atoms with van der Waals surface area (Å²) in [5.74, 6) is 0.631. The Balaban J connectivity index is 2.77. The van der Waals surface area contributed by atoms with Gasteiger partial charge < -0.3 is 0 Å². The minimum atomic E-state index is -0.464. The number of hydrogen-bond acceptors (Lipinski definition) is 2. The van der Waals surface area contributed by atoms with Crippen LogP contribution >= 0.6 is 0 Å². The Morgan fingerprint density at radius 2 is 1.85 bits per heavy atom. The molecule has 2 heteroatoms. The summed E-state index contributed by atoms with van der Waals surface area (Å²) in [7, 11) is 0. The van der Waals surface area contributed by atoms with Gasteiger partial charge >= 0.3 is 0 Å². The summed E-state index contributed by atoms with van der Waals surface area (Å²) in [4.78, 5) is 4.46. The van der Waals surface area contributed by atoms with Gasteiger partial charge in [-0.25, -0.2) is 4.89 Å². The lowest BCUT2D eigenvalue weighted by Crippen LogP contribution is -2.34. The van der Waals surface area contributed by atoms with Crippen molar-refractivity contribution < 1.29 is 10.1 Å². The predicted octanol–water partition coefficient (Wildman–Crippen LogP) is 3.25. The molecule has 0 aromatic heterocycles. The Kier molecular flexibility index (Phi) is 2.83. The van der Waals surface area contributed by atoms with Gasteiger partial charge in [-0.3, -0.25) is 5.26 Å². The zero-order chi connectivity index (χ0) is 10.1. The van der Waals surface area contributed by atoms with E-state index in [9.17, 15) is 0 Å². The molecule has 1 N–H and O–H groups in total. The Hall–Kier alpha value is -0.340. The molecular weight excluding hydrogens is 164 g/mol. The smallest absolute Gasteiger partial charge is 0.119 e. The molecule has 2 unspecified atom stereocenters. The molecule has 13 heavy (non-hydrogen) atoms. The number of rotatable bonds is 2. The van der Waals surface area contributed by atoms with Gasteiger partial charge in [0.1, 0.15) is 5.60 Å². The minimum absolute atomic E-state index is 0.262. The average Bonchev–Trinajstić information content (AvgIpc) is 2.11. The first-order chi connectivity index (χ1) is 5.92. The van der Waals surface area contributed by atoms with Crippen LogP contribution in [0.2, 0.25) is 0 Å². The van der Waals surface area contributed by atoms with Gasteiger partial charge in [-0.15, -0.1) is 0 Å². The maximum absolute atomic E-state index is 8.71. The van der Waals surface area contributed by atoms with Crippen LogP contribution in [0.4, 0.5) is 0 Å². The van der Waals surface area contributed by atoms with Gasteiger partial charge in [0.2, 0.25) is 0 Å². The van der Waals surface area contributed by atoms with Crippen LogP contribution in [0, 0.1) is 11.3 Å². The highest BCUT2D eigenvalue weighted by atomic mass is 17.1. The molecule has 1 aliphatic rings. The third-order valence-corrected chi connectivity index (χ3v) is 3.50. The molecule has 0 saturated heterocycles. The molecular formula is C11H20O2. The van der Waals surface area contributed by atoms with Crippen molar-refractivity contribution in [2.75, 3.05) is 0 Å². The first-order valence-corrected chi connectivity index (χ1v) is 4.95. The van der Waals surface area contributed by atoms with Crippen LogP contribution in [0.15, 0.2) is 12.2 Å². The van der Waals surface area contributed by atoms with Gasteiger partial charge in [-0.05, 0) is 31.1 Å². The summed E-state index contributed by atoms with van der Waals surface area (Å²) in [6.45, 7) is 8.62. The predicted molar refractivity (Wildman–Crippen MR) is 53.4 cm³/mol. The van der Waals surface area contributed by atoms with Crippen LogP contribution in [0.1, 0.15) is 40.5 Å². The van der Waals surface area contributed by atoms with Crippen LogP contribution < -0.4 is 0 Å². The van der Waals surface area contributed by atoms with Gasteiger partial charge in [-0.2, -0.15) is 0 Å². The van der Waals surface area contributed by atoms with Crippen molar-refractivity contribution in [2.45, 2.75) is 46.1 Å². The van der Waals surface area contributed by atoms with E-state index in [0.29, 0.717) is 5.92 Å². The number of allylic oxidation sites excluding steroid dienone is 1. The zero-order valence-corrected chi connectivity index (χ0v) is 9.00. The van der Waals surface area contributed by atoms with Gasteiger partial charge in [0.15, 0.2) is 0 Å². The molecule has 0 spiro atoms. The molecule has 2 atom stereocenters. The lowest BCUT2D eigenvalue weighted by atomic mass is 9.69. The van der Waals surface area contributed by atoms with E-state index in [4.69, 9.17) is 5.26 Å². The molecule has 0 aromatic carbocycles. The van der Waals surface area contributed by atoms with E-state index in [1.165, 1.54) is 0 Å². The maximum atomic E-state index is 8.71. The Labute approximate surface area is 80.5 Å². The first-order valence-electron chi connectivity index (χ1n) is 4.95. The largest absolute Gasteiger partial charge is 0.251 e. The molecule has 0 radical (unpaired) electrons. The van der Waals surface area contributed by atoms with Gasteiger partial charge in [0.05, 0.1) is 0 Å². The fourth-order valence-electron chi connectivity index (χ4n) is 1.61. The molecule has 0 saturated carbocycles. The average molecular weight is 184 g/mol. The standard InChI is InChI=1S/C11H20O2/c1-9(2)10(3)5-7-11(4,13-12)8-6-10/h5,7,9,12H,6,8H2,1-4H3. The quantitative estimate of drug-likeness (QED) is 0.405. The minimum Gasteiger partial charge on any atom is -0.251 e. The molecule has 0 fully saturated rings. The van der Waals surface area contributed by atoms with Gasteiger partial charge in [0, 0.05) is 0 Å². The van der Waals surface area contributed by atoms with E-state index in [-0.39, 0.29) is 5.41 Å². The van der Waals surface area contributed by atoms with Crippen molar-refractivity contribution in [3.63, 3.8) is 0 Å². The highest BCUT2D eigenvalue weighted by molar-refractivity contribution is 5.11. The van der Waals surface area contributed by atoms with Gasteiger partial charge in [0.25, 0.3) is 0 Å². The lowest BCUT2D eigenvalue weighted by Gasteiger charge is -2.38. The zero-order valence-electron chi connectivity index (χ0n) is 9.00. The monoisotopic (exact) mass is 184 g/mol. The van der Waals surface area contributed by atoms with Crippen molar-refractivity contribution in [1.29, 1.82) is 0 Å². The second-order valence-corrected chi connectivity index (χ2v) is 4.90. The van der Waals surface area contributed by atoms with E-state index in [0.717, 1.165) is 12.8 Å². The van der Waals surface area contributed by atoms with Crippen LogP contribution in [0.3, 0.4) is 0 Å². The van der Waals surface area contributed by atoms with Crippen LogP contribution in [-0.2, 0) is 4.89 Å². The second kappa shape index (κ2) is 3.43. The number of hydrogen-bond donors (Lipinski definition) is 1. The third kappa shape index (κ3) is 2.12. The molecule has 1 rings (SSSR count). The molecule has 76 valence electrons. The summed E-state index contributed by atoms with van der Waals surface area (Å²) < 4.78 is 0. The Morgan fingerprint density at radius 1 is 1.23 bits per heavy atom. The first kappa shape index (κ1) is 10.7. The Bertz CT molecular complexity index is 210. The van der Waals surface area contributed by atoms with E-state index in [2.05, 4.69) is 31.7 Å². The van der Waals surface area contributed by atoms with Crippen molar-refractivity contribution in [3.8, 4) is 0 Å². The molecule has 1 aliphatic carbocycles. The fourth-order valence-corrected chi connectivity index (χ4v) is 1.61. The lowest BCUT2D eigenvalue weighted by molar-refractivity contribution is -0.306. The maximum Gasteiger partial charge on any atom is 0.119 e. The van der Waals surface area contributed by atoms with Crippen molar-refractivity contribution >= 4 is 0 Å². The molecule has 2 nitrogen and oxygen atoms in total. The molecule has 0 aliphatic heterocycles. The van der Waals surface area contributed by atoms with Crippen molar-refractivity contribution in [2.24, 2.45) is 11.3 Å². The molecule has 0 amide bonds. The van der Waals surface area contributed by atoms with Crippen LogP contribution in [0.25, 0.3) is 0 Å². The van der Waals surface area contributed by atoms with Crippen molar-refractivity contribution in [1.82, 2.24) is 0 Å². The van der Waals surface area contributed by atoms with Gasteiger partial charge in [-0.1, -0.05) is 32.9 Å². The van der Waals surface area contributed by atoms with Crippen LogP contribution in [0.5, 0.6) is 0 Å². The summed E-state index contributed by atoms with van der Waals surface area (Å²) >= 11 is 0. The summed E-state index contributed by atoms with van der Waals surface area (Å²) in [6, 6.07) is 0. The second-order valence-electron chi connectivity index (χ2n) is 4.90. The topological polar surface area (TPSA) is 29.5 Å². The summed E-state index contributed by atoms with van der Waals surface area (Å²) in [6.07, 6.45) is 6.11. The van der Waals surface area contributed by atoms with Crippen molar-refractivity contribution in [3.05, 3.63) is 12.2 Å². The summed E-state index contributed by atoms with van der Waals surface area (Å²) in [5.41, 5.74) is -0.202. The highest BCUT2D eigenvalue weighted by Crippen LogP contribution is 2.41. The normalized spacial score (nSPS) is 39.8.